The number of cyclic esters (lactones) is 1. The number of piperazine rings is 1. The molecule has 2 aliphatic rings. The van der Waals surface area contributed by atoms with Crippen molar-refractivity contribution in [3.8, 4) is 11.9 Å². The Bertz CT molecular complexity index is 1230. The lowest BCUT2D eigenvalue weighted by atomic mass is 10.2. The van der Waals surface area contributed by atoms with Crippen molar-refractivity contribution >= 4 is 23.3 Å². The van der Waals surface area contributed by atoms with Gasteiger partial charge in [-0.05, 0) is 30.3 Å². The molecule has 1 amide bonds. The monoisotopic (exact) mass is 476 g/mol. The zero-order valence-electron chi connectivity index (χ0n) is 18.6. The lowest BCUT2D eigenvalue weighted by molar-refractivity contribution is 0.175. The third-order valence-electron chi connectivity index (χ3n) is 5.84. The third-order valence-corrected chi connectivity index (χ3v) is 5.84. The molecule has 1 aromatic carbocycles. The van der Waals surface area contributed by atoms with Crippen LogP contribution in [0.1, 0.15) is 5.69 Å². The predicted molar refractivity (Wildman–Crippen MR) is 123 cm³/mol. The van der Waals surface area contributed by atoms with Crippen LogP contribution in [0.5, 0.6) is 5.88 Å². The molecule has 0 unspecified atom stereocenters. The first-order chi connectivity index (χ1) is 17.1. The fourth-order valence-electron chi connectivity index (χ4n) is 4.07. The van der Waals surface area contributed by atoms with Crippen LogP contribution < -0.4 is 19.4 Å². The van der Waals surface area contributed by atoms with Gasteiger partial charge in [0.2, 0.25) is 5.88 Å². The van der Waals surface area contributed by atoms with Crippen molar-refractivity contribution in [3.05, 3.63) is 60.4 Å². The fourth-order valence-corrected chi connectivity index (χ4v) is 4.07. The quantitative estimate of drug-likeness (QED) is 0.522. The standard InChI is InChI=1S/C23H21FN8O3/c24-19-11-17(32-18(15-35-23(32)33)14-34-22-13-26-5-6-27-22)2-3-20(19)30-7-9-31(10-8-30)21-4-1-16(12-25)28-29-21/h1-6,11,13,18H,7-10,14-15H2/t18-/m1/s1. The van der Waals surface area contributed by atoms with E-state index in [0.717, 1.165) is 0 Å². The molecule has 0 radical (unpaired) electrons. The molecular formula is C23H21FN8O3. The minimum Gasteiger partial charge on any atom is -0.474 e. The Hall–Kier alpha value is -4.53. The number of nitriles is 1. The summed E-state index contributed by atoms with van der Waals surface area (Å²) in [5.41, 5.74) is 1.12. The Balaban J connectivity index is 1.24. The molecule has 0 N–H and O–H groups in total. The number of carbonyl (C=O) groups excluding carboxylic acids is 1. The van der Waals surface area contributed by atoms with Crippen LogP contribution in [0.2, 0.25) is 0 Å². The van der Waals surface area contributed by atoms with Crippen molar-refractivity contribution < 1.29 is 18.7 Å². The Kier molecular flexibility index (Phi) is 6.21. The number of halogens is 1. The first-order valence-electron chi connectivity index (χ1n) is 11.0. The molecule has 35 heavy (non-hydrogen) atoms. The molecule has 2 fully saturated rings. The zero-order valence-corrected chi connectivity index (χ0v) is 18.6. The molecule has 0 bridgehead atoms. The molecular weight excluding hydrogens is 455 g/mol. The average Bonchev–Trinajstić information content (AvgIpc) is 3.28. The van der Waals surface area contributed by atoms with E-state index in [-0.39, 0.29) is 18.9 Å². The highest BCUT2D eigenvalue weighted by Gasteiger charge is 2.35. The number of hydrogen-bond donors (Lipinski definition) is 0. The Morgan fingerprint density at radius 3 is 2.63 bits per heavy atom. The van der Waals surface area contributed by atoms with Crippen LogP contribution >= 0.6 is 0 Å². The number of hydrogen-bond acceptors (Lipinski definition) is 10. The summed E-state index contributed by atoms with van der Waals surface area (Å²) in [7, 11) is 0. The van der Waals surface area contributed by atoms with Gasteiger partial charge in [-0.25, -0.2) is 14.2 Å². The number of rotatable bonds is 6. The fraction of sp³-hybridized carbons (Fsp3) is 0.304. The lowest BCUT2D eigenvalue weighted by Crippen LogP contribution is -2.47. The molecule has 178 valence electrons. The highest BCUT2D eigenvalue weighted by molar-refractivity contribution is 5.90. The van der Waals surface area contributed by atoms with Crippen molar-refractivity contribution in [3.63, 3.8) is 0 Å². The average molecular weight is 476 g/mol. The van der Waals surface area contributed by atoms with Crippen LogP contribution in [-0.4, -0.2) is 71.7 Å². The van der Waals surface area contributed by atoms with Gasteiger partial charge in [-0.1, -0.05) is 0 Å². The van der Waals surface area contributed by atoms with Gasteiger partial charge >= 0.3 is 6.09 Å². The number of nitrogens with zero attached hydrogens (tertiary/aromatic N) is 8. The van der Waals surface area contributed by atoms with Gasteiger partial charge in [0.15, 0.2) is 11.5 Å². The summed E-state index contributed by atoms with van der Waals surface area (Å²) in [6, 6.07) is 9.64. The lowest BCUT2D eigenvalue weighted by Gasteiger charge is -2.36. The SMILES string of the molecule is N#Cc1ccc(N2CCN(c3ccc(N4C(=O)OC[C@H]4COc4cnccn4)cc3F)CC2)nn1. The third kappa shape index (κ3) is 4.74. The van der Waals surface area contributed by atoms with E-state index in [9.17, 15) is 4.79 Å². The molecule has 0 saturated carbocycles. The number of amides is 1. The Morgan fingerprint density at radius 1 is 1.11 bits per heavy atom. The van der Waals surface area contributed by atoms with Crippen LogP contribution in [0.4, 0.5) is 26.4 Å². The minimum absolute atomic E-state index is 0.128. The molecule has 4 heterocycles. The second-order valence-electron chi connectivity index (χ2n) is 7.95. The number of benzene rings is 1. The maximum atomic E-state index is 15.2. The van der Waals surface area contributed by atoms with Crippen LogP contribution in [0.15, 0.2) is 48.9 Å². The molecule has 2 aromatic heterocycles. The molecule has 0 aliphatic carbocycles. The summed E-state index contributed by atoms with van der Waals surface area (Å²) < 4.78 is 26.0. The largest absolute Gasteiger partial charge is 0.474 e. The molecule has 1 atom stereocenters. The second-order valence-corrected chi connectivity index (χ2v) is 7.95. The van der Waals surface area contributed by atoms with E-state index in [1.54, 1.807) is 24.3 Å². The van der Waals surface area contributed by atoms with Gasteiger partial charge in [-0.15, -0.1) is 10.2 Å². The normalized spacial score (nSPS) is 17.8. The van der Waals surface area contributed by atoms with E-state index in [1.807, 2.05) is 15.9 Å². The van der Waals surface area contributed by atoms with Gasteiger partial charge in [-0.2, -0.15) is 5.26 Å². The number of anilines is 3. The van der Waals surface area contributed by atoms with Gasteiger partial charge in [0.05, 0.1) is 17.6 Å². The van der Waals surface area contributed by atoms with Crippen molar-refractivity contribution in [2.45, 2.75) is 6.04 Å². The Labute approximate surface area is 200 Å². The van der Waals surface area contributed by atoms with E-state index in [0.29, 0.717) is 49.3 Å². The second kappa shape index (κ2) is 9.76. The maximum absolute atomic E-state index is 15.2. The number of ether oxygens (including phenoxy) is 2. The van der Waals surface area contributed by atoms with Gasteiger partial charge < -0.3 is 19.3 Å². The summed E-state index contributed by atoms with van der Waals surface area (Å²) in [4.78, 5) is 25.7. The van der Waals surface area contributed by atoms with Gasteiger partial charge in [0, 0.05) is 38.6 Å². The van der Waals surface area contributed by atoms with Gasteiger partial charge in [0.25, 0.3) is 0 Å². The van der Waals surface area contributed by atoms with Crippen molar-refractivity contribution in [1.29, 1.82) is 5.26 Å². The van der Waals surface area contributed by atoms with Crippen LogP contribution in [0, 0.1) is 17.1 Å². The highest BCUT2D eigenvalue weighted by Crippen LogP contribution is 2.30. The smallest absolute Gasteiger partial charge is 0.414 e. The van der Waals surface area contributed by atoms with Gasteiger partial charge in [-0.3, -0.25) is 9.88 Å². The first-order valence-corrected chi connectivity index (χ1v) is 11.0. The van der Waals surface area contributed by atoms with Crippen molar-refractivity contribution in [1.82, 2.24) is 20.2 Å². The van der Waals surface area contributed by atoms with Crippen molar-refractivity contribution in [2.75, 3.05) is 54.1 Å². The van der Waals surface area contributed by atoms with E-state index < -0.39 is 18.0 Å². The van der Waals surface area contributed by atoms with Crippen LogP contribution in [-0.2, 0) is 4.74 Å². The summed E-state index contributed by atoms with van der Waals surface area (Å²) in [6.45, 7) is 2.68. The molecule has 2 aliphatic heterocycles. The Morgan fingerprint density at radius 2 is 1.94 bits per heavy atom. The van der Waals surface area contributed by atoms with Crippen molar-refractivity contribution in [2.24, 2.45) is 0 Å². The molecule has 5 rings (SSSR count). The molecule has 12 heteroatoms. The van der Waals surface area contributed by atoms with E-state index in [1.165, 1.54) is 29.6 Å². The number of aromatic nitrogens is 4. The summed E-state index contributed by atoms with van der Waals surface area (Å²) >= 11 is 0. The predicted octanol–water partition coefficient (Wildman–Crippen LogP) is 2.01. The molecule has 11 nitrogen and oxygen atoms in total. The van der Waals surface area contributed by atoms with E-state index >= 15 is 4.39 Å². The molecule has 0 spiro atoms. The topological polar surface area (TPSA) is 121 Å². The highest BCUT2D eigenvalue weighted by atomic mass is 19.1. The number of carbonyl (C=O) groups is 1. The molecule has 3 aromatic rings. The van der Waals surface area contributed by atoms with Crippen LogP contribution in [0.25, 0.3) is 0 Å². The summed E-state index contributed by atoms with van der Waals surface area (Å²) in [6.07, 6.45) is 3.97. The van der Waals surface area contributed by atoms with Crippen LogP contribution in [0.3, 0.4) is 0 Å². The van der Waals surface area contributed by atoms with Gasteiger partial charge in [0.1, 0.15) is 31.1 Å². The first kappa shape index (κ1) is 22.3. The summed E-state index contributed by atoms with van der Waals surface area (Å²) in [5.74, 6) is 0.587. The minimum atomic E-state index is -0.554. The summed E-state index contributed by atoms with van der Waals surface area (Å²) in [5, 5.41) is 16.8. The molecule has 2 saturated heterocycles. The maximum Gasteiger partial charge on any atom is 0.414 e. The van der Waals surface area contributed by atoms with E-state index in [2.05, 4.69) is 20.2 Å². The van der Waals surface area contributed by atoms with E-state index in [4.69, 9.17) is 14.7 Å². The zero-order chi connectivity index (χ0) is 24.2.